The number of aliphatic hydroxyl groups excluding tert-OH is 2. The summed E-state index contributed by atoms with van der Waals surface area (Å²) in [6, 6.07) is 3.96. The van der Waals surface area contributed by atoms with Crippen molar-refractivity contribution in [1.29, 1.82) is 0 Å². The van der Waals surface area contributed by atoms with Gasteiger partial charge in [-0.3, -0.25) is 0 Å². The molecule has 2 heterocycles. The number of carboxylic acids is 1. The fraction of sp³-hybridized carbons (Fsp3) is 0.412. The fourth-order valence-corrected chi connectivity index (χ4v) is 2.97. The maximum atomic E-state index is 11.8. The van der Waals surface area contributed by atoms with E-state index in [9.17, 15) is 35.1 Å². The molecule has 10 heteroatoms. The first-order chi connectivity index (χ1) is 12.7. The van der Waals surface area contributed by atoms with Crippen LogP contribution in [0.2, 0.25) is 0 Å². The first-order valence-corrected chi connectivity index (χ1v) is 8.04. The van der Waals surface area contributed by atoms with Crippen LogP contribution in [-0.4, -0.2) is 74.3 Å². The molecule has 1 aromatic carbocycles. The molecule has 2 bridgehead atoms. The highest BCUT2D eigenvalue weighted by Gasteiger charge is 2.61. The van der Waals surface area contributed by atoms with E-state index in [1.165, 1.54) is 24.3 Å². The predicted molar refractivity (Wildman–Crippen MR) is 86.5 cm³/mol. The van der Waals surface area contributed by atoms with Gasteiger partial charge >= 0.3 is 11.9 Å². The van der Waals surface area contributed by atoms with E-state index in [0.717, 1.165) is 6.08 Å². The SMILES string of the molecule is O=C(/C=C/c1ccc(O)c(O)c1)OC[C@H]1O[C@]2(C(=O)O)C[C@@H](O)[C@@H](O)[C@H]1O2. The topological polar surface area (TPSA) is 163 Å². The number of carboxylic acid groups (broad SMARTS) is 1. The Morgan fingerprint density at radius 2 is 1.96 bits per heavy atom. The molecular weight excluding hydrogens is 364 g/mol. The molecule has 2 aliphatic rings. The van der Waals surface area contributed by atoms with Crippen LogP contribution in [0.15, 0.2) is 24.3 Å². The predicted octanol–water partition coefficient (Wildman–Crippen LogP) is -0.655. The van der Waals surface area contributed by atoms with Crippen LogP contribution in [-0.2, 0) is 23.8 Å². The number of fused-ring (bicyclic) bond motifs is 2. The van der Waals surface area contributed by atoms with Crippen molar-refractivity contribution >= 4 is 18.0 Å². The van der Waals surface area contributed by atoms with Crippen LogP contribution < -0.4 is 0 Å². The van der Waals surface area contributed by atoms with Crippen LogP contribution in [0.1, 0.15) is 12.0 Å². The summed E-state index contributed by atoms with van der Waals surface area (Å²) in [6.45, 7) is -0.395. The van der Waals surface area contributed by atoms with Gasteiger partial charge in [0.25, 0.3) is 5.79 Å². The third-order valence-electron chi connectivity index (χ3n) is 4.37. The Morgan fingerprint density at radius 3 is 2.63 bits per heavy atom. The number of hydrogen-bond donors (Lipinski definition) is 5. The average Bonchev–Trinajstić information content (AvgIpc) is 2.95. The lowest BCUT2D eigenvalue weighted by Crippen LogP contribution is -2.53. The molecule has 1 aromatic rings. The number of aliphatic carboxylic acids is 1. The summed E-state index contributed by atoms with van der Waals surface area (Å²) in [6.07, 6.45) is -3.00. The Bertz CT molecular complexity index is 775. The first kappa shape index (κ1) is 19.1. The second kappa shape index (κ2) is 7.16. The lowest BCUT2D eigenvalue weighted by Gasteiger charge is -2.33. The fourth-order valence-electron chi connectivity index (χ4n) is 2.97. The van der Waals surface area contributed by atoms with Crippen molar-refractivity contribution in [1.82, 2.24) is 0 Å². The van der Waals surface area contributed by atoms with Gasteiger partial charge in [0.15, 0.2) is 11.5 Å². The van der Waals surface area contributed by atoms with Gasteiger partial charge in [0, 0.05) is 12.5 Å². The molecule has 0 amide bonds. The Kier molecular flexibility index (Phi) is 5.07. The number of hydrogen-bond acceptors (Lipinski definition) is 9. The van der Waals surface area contributed by atoms with E-state index in [0.29, 0.717) is 5.56 Å². The molecule has 0 aliphatic carbocycles. The highest BCUT2D eigenvalue weighted by Crippen LogP contribution is 2.40. The molecule has 2 saturated heterocycles. The van der Waals surface area contributed by atoms with Crippen LogP contribution >= 0.6 is 0 Å². The van der Waals surface area contributed by atoms with Crippen molar-refractivity contribution in [3.05, 3.63) is 29.8 Å². The molecule has 10 nitrogen and oxygen atoms in total. The highest BCUT2D eigenvalue weighted by atomic mass is 16.8. The number of benzene rings is 1. The lowest BCUT2D eigenvalue weighted by molar-refractivity contribution is -0.244. The van der Waals surface area contributed by atoms with Gasteiger partial charge in [-0.25, -0.2) is 9.59 Å². The number of rotatable bonds is 5. The summed E-state index contributed by atoms with van der Waals surface area (Å²) in [7, 11) is 0. The van der Waals surface area contributed by atoms with E-state index in [4.69, 9.17) is 14.2 Å². The summed E-state index contributed by atoms with van der Waals surface area (Å²) >= 11 is 0. The van der Waals surface area contributed by atoms with Crippen LogP contribution in [0.25, 0.3) is 6.08 Å². The Balaban J connectivity index is 1.61. The van der Waals surface area contributed by atoms with Crippen molar-refractivity contribution in [2.24, 2.45) is 0 Å². The quantitative estimate of drug-likeness (QED) is 0.251. The van der Waals surface area contributed by atoms with Gasteiger partial charge in [-0.05, 0) is 23.8 Å². The second-order valence-corrected chi connectivity index (χ2v) is 6.27. The molecule has 0 radical (unpaired) electrons. The third-order valence-corrected chi connectivity index (χ3v) is 4.37. The number of esters is 1. The molecule has 5 atom stereocenters. The highest BCUT2D eigenvalue weighted by molar-refractivity contribution is 5.87. The normalized spacial score (nSPS) is 32.5. The number of carbonyl (C=O) groups excluding carboxylic acids is 1. The Morgan fingerprint density at radius 1 is 1.22 bits per heavy atom. The zero-order valence-corrected chi connectivity index (χ0v) is 13.9. The smallest absolute Gasteiger partial charge is 0.364 e. The van der Waals surface area contributed by atoms with Gasteiger partial charge in [0.2, 0.25) is 0 Å². The van der Waals surface area contributed by atoms with E-state index in [1.54, 1.807) is 0 Å². The number of aliphatic hydroxyl groups is 2. The largest absolute Gasteiger partial charge is 0.504 e. The Labute approximate surface area is 152 Å². The molecule has 0 spiro atoms. The minimum Gasteiger partial charge on any atom is -0.504 e. The summed E-state index contributed by atoms with van der Waals surface area (Å²) in [5, 5.41) is 47.6. The summed E-state index contributed by atoms with van der Waals surface area (Å²) in [4.78, 5) is 23.2. The third kappa shape index (κ3) is 3.74. The van der Waals surface area contributed by atoms with Gasteiger partial charge in [-0.2, -0.15) is 0 Å². The first-order valence-electron chi connectivity index (χ1n) is 8.04. The summed E-state index contributed by atoms with van der Waals surface area (Å²) in [5.41, 5.74) is 0.432. The number of phenols is 2. The van der Waals surface area contributed by atoms with E-state index in [1.807, 2.05) is 0 Å². The van der Waals surface area contributed by atoms with Crippen molar-refractivity contribution in [3.63, 3.8) is 0 Å². The standard InChI is InChI=1S/C17H18O10/c18-9-3-1-8(5-10(9)19)2-4-13(21)25-7-12-15-14(22)11(20)6-17(26-12,27-15)16(23)24/h1-5,11-12,14-15,18-20,22H,6-7H2,(H,23,24)/b4-2+/t11-,12-,14-,15+,17-/m1/s1. The van der Waals surface area contributed by atoms with Crippen LogP contribution in [0, 0.1) is 0 Å². The molecule has 27 heavy (non-hydrogen) atoms. The molecule has 3 rings (SSSR count). The number of phenolic OH excluding ortho intramolecular Hbond substituents is 2. The molecule has 0 aromatic heterocycles. The zero-order chi connectivity index (χ0) is 19.8. The molecule has 2 fully saturated rings. The van der Waals surface area contributed by atoms with Crippen molar-refractivity contribution in [3.8, 4) is 11.5 Å². The Hall–Kier alpha value is -2.66. The summed E-state index contributed by atoms with van der Waals surface area (Å²) in [5.74, 6) is -4.96. The van der Waals surface area contributed by atoms with Crippen molar-refractivity contribution < 1.29 is 49.3 Å². The maximum absolute atomic E-state index is 11.8. The minimum absolute atomic E-state index is 0.299. The minimum atomic E-state index is -2.08. The lowest BCUT2D eigenvalue weighted by atomic mass is 9.96. The molecular formula is C17H18O10. The zero-order valence-electron chi connectivity index (χ0n) is 13.9. The van der Waals surface area contributed by atoms with Gasteiger partial charge in [-0.15, -0.1) is 0 Å². The van der Waals surface area contributed by atoms with Crippen LogP contribution in [0.3, 0.4) is 0 Å². The van der Waals surface area contributed by atoms with E-state index in [2.05, 4.69) is 0 Å². The van der Waals surface area contributed by atoms with Crippen LogP contribution in [0.4, 0.5) is 0 Å². The van der Waals surface area contributed by atoms with Gasteiger partial charge in [-0.1, -0.05) is 6.07 Å². The van der Waals surface area contributed by atoms with Gasteiger partial charge in [0.1, 0.15) is 24.9 Å². The molecule has 0 unspecified atom stereocenters. The summed E-state index contributed by atoms with van der Waals surface area (Å²) < 4.78 is 15.5. The van der Waals surface area contributed by atoms with E-state index < -0.39 is 55.2 Å². The van der Waals surface area contributed by atoms with Crippen molar-refractivity contribution in [2.75, 3.05) is 6.61 Å². The monoisotopic (exact) mass is 382 g/mol. The van der Waals surface area contributed by atoms with Crippen LogP contribution in [0.5, 0.6) is 11.5 Å². The number of aromatic hydroxyl groups is 2. The second-order valence-electron chi connectivity index (χ2n) is 6.27. The number of ether oxygens (including phenoxy) is 3. The molecule has 146 valence electrons. The van der Waals surface area contributed by atoms with E-state index in [-0.39, 0.29) is 11.5 Å². The van der Waals surface area contributed by atoms with Crippen molar-refractivity contribution in [2.45, 2.75) is 36.6 Å². The average molecular weight is 382 g/mol. The molecule has 0 saturated carbocycles. The van der Waals surface area contributed by atoms with Gasteiger partial charge in [0.05, 0.1) is 6.10 Å². The van der Waals surface area contributed by atoms with Gasteiger partial charge < -0.3 is 39.7 Å². The number of carbonyl (C=O) groups is 2. The maximum Gasteiger partial charge on any atom is 0.364 e. The molecule has 2 aliphatic heterocycles. The van der Waals surface area contributed by atoms with E-state index >= 15 is 0 Å². The molecule has 5 N–H and O–H groups in total.